The van der Waals surface area contributed by atoms with Crippen LogP contribution in [-0.2, 0) is 20.0 Å². The summed E-state index contributed by atoms with van der Waals surface area (Å²) >= 11 is 0. The molecule has 0 radical (unpaired) electrons. The van der Waals surface area contributed by atoms with E-state index in [1.165, 1.54) is 0 Å². The lowest BCUT2D eigenvalue weighted by molar-refractivity contribution is 0.183. The lowest BCUT2D eigenvalue weighted by Crippen LogP contribution is -2.14. The maximum Gasteiger partial charge on any atom is 0.439 e. The third-order valence-corrected chi connectivity index (χ3v) is 6.77. The van der Waals surface area contributed by atoms with Crippen molar-refractivity contribution in [2.45, 2.75) is 44.3 Å². The van der Waals surface area contributed by atoms with E-state index in [9.17, 15) is 4.57 Å². The minimum Gasteiger partial charge on any atom is -0.497 e. The standard InChI is InChI=1S/C19H27N2O4P/c1-20(2)11-10-14-13-21(19-9-8-17(23-3)12-18(14)19)26(22,24-15-4-5-15)25-16-6-7-16/h8-9,12-13,15-16H,4-7,10-11H2,1-3H3. The summed E-state index contributed by atoms with van der Waals surface area (Å²) in [5.74, 6) is 0.794. The van der Waals surface area contributed by atoms with E-state index >= 15 is 0 Å². The molecule has 1 heterocycles. The molecule has 0 unspecified atom stereocenters. The summed E-state index contributed by atoms with van der Waals surface area (Å²) in [6.07, 6.45) is 6.75. The largest absolute Gasteiger partial charge is 0.497 e. The predicted octanol–water partition coefficient (Wildman–Crippen LogP) is 4.07. The van der Waals surface area contributed by atoms with E-state index in [0.717, 1.165) is 60.9 Å². The SMILES string of the molecule is COc1ccc2c(c1)c(CCN(C)C)cn2P(=O)(OC1CC1)OC1CC1. The topological polar surface area (TPSA) is 52.9 Å². The second-order valence-corrected chi connectivity index (χ2v) is 9.30. The lowest BCUT2D eigenvalue weighted by Gasteiger charge is -2.20. The molecule has 2 aliphatic carbocycles. The Kier molecular flexibility index (Phi) is 4.86. The van der Waals surface area contributed by atoms with Gasteiger partial charge in [-0.15, -0.1) is 0 Å². The second-order valence-electron chi connectivity index (χ2n) is 7.51. The molecule has 0 atom stereocenters. The highest BCUT2D eigenvalue weighted by Crippen LogP contribution is 2.59. The van der Waals surface area contributed by atoms with Gasteiger partial charge >= 0.3 is 7.75 Å². The van der Waals surface area contributed by atoms with Crippen LogP contribution in [0, 0.1) is 0 Å². The summed E-state index contributed by atoms with van der Waals surface area (Å²) in [5.41, 5.74) is 2.01. The monoisotopic (exact) mass is 378 g/mol. The smallest absolute Gasteiger partial charge is 0.439 e. The molecule has 0 N–H and O–H groups in total. The van der Waals surface area contributed by atoms with Crippen molar-refractivity contribution < 1.29 is 18.3 Å². The number of hydrogen-bond acceptors (Lipinski definition) is 5. The van der Waals surface area contributed by atoms with Gasteiger partial charge in [0.25, 0.3) is 0 Å². The van der Waals surface area contributed by atoms with Crippen LogP contribution in [0.15, 0.2) is 24.4 Å². The molecule has 2 saturated carbocycles. The first-order chi connectivity index (χ1) is 12.5. The summed E-state index contributed by atoms with van der Waals surface area (Å²) in [6, 6.07) is 5.86. The normalized spacial score (nSPS) is 18.0. The van der Waals surface area contributed by atoms with Gasteiger partial charge in [-0.1, -0.05) is 0 Å². The van der Waals surface area contributed by atoms with Crippen LogP contribution >= 0.6 is 7.75 Å². The van der Waals surface area contributed by atoms with Gasteiger partial charge in [0.1, 0.15) is 5.75 Å². The summed E-state index contributed by atoms with van der Waals surface area (Å²) in [5, 5.41) is 1.05. The van der Waals surface area contributed by atoms with Gasteiger partial charge in [-0.05, 0) is 70.0 Å². The molecule has 0 spiro atoms. The van der Waals surface area contributed by atoms with Crippen molar-refractivity contribution in [1.29, 1.82) is 0 Å². The van der Waals surface area contributed by atoms with Crippen LogP contribution in [0.4, 0.5) is 0 Å². The molecule has 0 amide bonds. The summed E-state index contributed by atoms with van der Waals surface area (Å²) in [7, 11) is 2.37. The van der Waals surface area contributed by atoms with Crippen molar-refractivity contribution in [1.82, 2.24) is 9.24 Å². The molecule has 26 heavy (non-hydrogen) atoms. The molecular formula is C19H27N2O4P. The van der Waals surface area contributed by atoms with Crippen LogP contribution in [0.1, 0.15) is 31.2 Å². The van der Waals surface area contributed by atoms with Crippen LogP contribution in [0.2, 0.25) is 0 Å². The van der Waals surface area contributed by atoms with Gasteiger partial charge in [0.05, 0.1) is 24.8 Å². The first-order valence-corrected chi connectivity index (χ1v) is 10.8. The molecule has 0 bridgehead atoms. The molecule has 2 fully saturated rings. The van der Waals surface area contributed by atoms with Crippen LogP contribution in [-0.4, -0.2) is 49.2 Å². The van der Waals surface area contributed by atoms with Crippen LogP contribution in [0.3, 0.4) is 0 Å². The molecule has 0 saturated heterocycles. The van der Waals surface area contributed by atoms with E-state index in [1.807, 2.05) is 24.4 Å². The Morgan fingerprint density at radius 3 is 2.35 bits per heavy atom. The van der Waals surface area contributed by atoms with Crippen LogP contribution in [0.25, 0.3) is 10.9 Å². The highest BCUT2D eigenvalue weighted by atomic mass is 31.2. The zero-order chi connectivity index (χ0) is 18.3. The molecule has 6 nitrogen and oxygen atoms in total. The molecule has 2 aromatic rings. The van der Waals surface area contributed by atoms with Gasteiger partial charge in [0, 0.05) is 18.1 Å². The van der Waals surface area contributed by atoms with Crippen LogP contribution < -0.4 is 4.74 Å². The molecule has 0 aliphatic heterocycles. The summed E-state index contributed by atoms with van der Waals surface area (Å²) in [4.78, 5) is 2.14. The van der Waals surface area contributed by atoms with E-state index in [1.54, 1.807) is 11.4 Å². The molecule has 142 valence electrons. The number of rotatable bonds is 9. The Morgan fingerprint density at radius 1 is 1.15 bits per heavy atom. The van der Waals surface area contributed by atoms with E-state index in [4.69, 9.17) is 13.8 Å². The number of methoxy groups -OCH3 is 1. The average molecular weight is 378 g/mol. The van der Waals surface area contributed by atoms with E-state index in [2.05, 4.69) is 19.0 Å². The number of nitrogens with zero attached hydrogens (tertiary/aromatic N) is 2. The highest BCUT2D eigenvalue weighted by Gasteiger charge is 2.42. The maximum atomic E-state index is 13.7. The van der Waals surface area contributed by atoms with Crippen molar-refractivity contribution >= 4 is 18.6 Å². The van der Waals surface area contributed by atoms with Crippen molar-refractivity contribution in [2.75, 3.05) is 27.7 Å². The van der Waals surface area contributed by atoms with Gasteiger partial charge in [0.2, 0.25) is 0 Å². The second kappa shape index (κ2) is 7.01. The van der Waals surface area contributed by atoms with Gasteiger partial charge < -0.3 is 9.64 Å². The lowest BCUT2D eigenvalue weighted by atomic mass is 10.1. The van der Waals surface area contributed by atoms with Crippen molar-refractivity contribution in [3.8, 4) is 5.75 Å². The van der Waals surface area contributed by atoms with E-state index in [-0.39, 0.29) is 12.2 Å². The van der Waals surface area contributed by atoms with Gasteiger partial charge in [-0.25, -0.2) is 4.57 Å². The van der Waals surface area contributed by atoms with Crippen molar-refractivity contribution in [2.24, 2.45) is 0 Å². The predicted molar refractivity (Wildman–Crippen MR) is 102 cm³/mol. The van der Waals surface area contributed by atoms with Gasteiger partial charge in [-0.3, -0.25) is 13.4 Å². The molecular weight excluding hydrogens is 351 g/mol. The Balaban J connectivity index is 1.77. The quantitative estimate of drug-likeness (QED) is 0.616. The van der Waals surface area contributed by atoms with Gasteiger partial charge in [-0.2, -0.15) is 0 Å². The fourth-order valence-electron chi connectivity index (χ4n) is 2.98. The minimum atomic E-state index is -3.39. The minimum absolute atomic E-state index is 0.0560. The molecule has 4 rings (SSSR count). The number of aromatic nitrogens is 1. The van der Waals surface area contributed by atoms with Crippen molar-refractivity contribution in [3.63, 3.8) is 0 Å². The number of benzene rings is 1. The number of hydrogen-bond donors (Lipinski definition) is 0. The van der Waals surface area contributed by atoms with E-state index < -0.39 is 7.75 Å². The fraction of sp³-hybridized carbons (Fsp3) is 0.579. The third-order valence-electron chi connectivity index (χ3n) is 4.78. The van der Waals surface area contributed by atoms with Crippen LogP contribution in [0.5, 0.6) is 5.75 Å². The third kappa shape index (κ3) is 3.84. The Bertz CT molecular complexity index is 821. The summed E-state index contributed by atoms with van der Waals surface area (Å²) in [6.45, 7) is 0.910. The van der Waals surface area contributed by atoms with Crippen molar-refractivity contribution in [3.05, 3.63) is 30.0 Å². The Hall–Kier alpha value is -1.33. The average Bonchev–Trinajstić information content (AvgIpc) is 3.53. The number of ether oxygens (including phenoxy) is 1. The highest BCUT2D eigenvalue weighted by molar-refractivity contribution is 7.52. The molecule has 7 heteroatoms. The zero-order valence-corrected chi connectivity index (χ0v) is 16.6. The summed E-state index contributed by atoms with van der Waals surface area (Å²) < 4.78 is 32.7. The Labute approximate surface area is 154 Å². The molecule has 1 aromatic heterocycles. The first-order valence-electron chi connectivity index (χ1n) is 9.29. The molecule has 2 aliphatic rings. The Morgan fingerprint density at radius 2 is 1.81 bits per heavy atom. The fourth-order valence-corrected chi connectivity index (χ4v) is 5.13. The number of likely N-dealkylation sites (N-methyl/N-ethyl adjacent to an activating group) is 1. The van der Waals surface area contributed by atoms with Gasteiger partial charge in [0.15, 0.2) is 0 Å². The molecule has 1 aromatic carbocycles. The first kappa shape index (κ1) is 18.1. The van der Waals surface area contributed by atoms with E-state index in [0.29, 0.717) is 0 Å². The number of fused-ring (bicyclic) bond motifs is 1. The maximum absolute atomic E-state index is 13.7. The zero-order valence-electron chi connectivity index (χ0n) is 15.7.